The van der Waals surface area contributed by atoms with Crippen molar-refractivity contribution in [3.8, 4) is 0 Å². The van der Waals surface area contributed by atoms with E-state index in [1.54, 1.807) is 23.1 Å². The van der Waals surface area contributed by atoms with Crippen molar-refractivity contribution < 1.29 is 9.59 Å². The maximum Gasteiger partial charge on any atom is 0.282 e. The van der Waals surface area contributed by atoms with E-state index in [2.05, 4.69) is 0 Å². The van der Waals surface area contributed by atoms with E-state index >= 15 is 0 Å². The summed E-state index contributed by atoms with van der Waals surface area (Å²) in [5.74, 6) is -0.688. The number of benzene rings is 3. The normalized spacial score (nSPS) is 13.9. The summed E-state index contributed by atoms with van der Waals surface area (Å²) in [7, 11) is 1.81. The fraction of sp³-hybridized carbons (Fsp3) is 0.154. The summed E-state index contributed by atoms with van der Waals surface area (Å²) in [5.41, 5.74) is 5.80. The summed E-state index contributed by atoms with van der Waals surface area (Å²) < 4.78 is 0. The molecule has 4 rings (SSSR count). The molecule has 3 aromatic carbocycles. The molecule has 0 aromatic heterocycles. The number of para-hydroxylation sites is 1. The number of carbonyl (C=O) groups excluding carboxylic acids is 2. The van der Waals surface area contributed by atoms with Gasteiger partial charge in [-0.15, -0.1) is 0 Å². The number of nitrogens with zero attached hydrogens (tertiary/aromatic N) is 2. The second-order valence-electron chi connectivity index (χ2n) is 7.79. The number of likely N-dealkylation sites (N-methyl/N-ethyl adjacent to an activating group) is 1. The number of amides is 2. The molecule has 0 saturated carbocycles. The highest BCUT2D eigenvalue weighted by Gasteiger charge is 2.42. The topological polar surface area (TPSA) is 40.6 Å². The summed E-state index contributed by atoms with van der Waals surface area (Å²) in [6.07, 6.45) is 0. The molecule has 1 aliphatic heterocycles. The zero-order valence-corrected chi connectivity index (χ0v) is 18.7. The second-order valence-corrected chi connectivity index (χ2v) is 8.23. The van der Waals surface area contributed by atoms with Gasteiger partial charge in [-0.1, -0.05) is 48.0 Å². The van der Waals surface area contributed by atoms with E-state index in [1.807, 2.05) is 76.3 Å². The van der Waals surface area contributed by atoms with Gasteiger partial charge >= 0.3 is 0 Å². The maximum absolute atomic E-state index is 13.7. The molecule has 1 aliphatic rings. The van der Waals surface area contributed by atoms with E-state index in [4.69, 9.17) is 11.6 Å². The fourth-order valence-corrected chi connectivity index (χ4v) is 4.08. The number of anilines is 2. The van der Waals surface area contributed by atoms with Crippen LogP contribution in [-0.4, -0.2) is 18.9 Å². The first kappa shape index (κ1) is 20.9. The lowest BCUT2D eigenvalue weighted by molar-refractivity contribution is -0.120. The molecular formula is C26H23ClN2O2. The predicted molar refractivity (Wildman–Crippen MR) is 126 cm³/mol. The van der Waals surface area contributed by atoms with Gasteiger partial charge in [-0.3, -0.25) is 9.59 Å². The number of carbonyl (C=O) groups is 2. The van der Waals surface area contributed by atoms with Gasteiger partial charge in [-0.2, -0.15) is 0 Å². The molecule has 31 heavy (non-hydrogen) atoms. The summed E-state index contributed by atoms with van der Waals surface area (Å²) in [4.78, 5) is 30.4. The van der Waals surface area contributed by atoms with Crippen LogP contribution in [0.4, 0.5) is 11.4 Å². The zero-order chi connectivity index (χ0) is 22.3. The molecule has 0 atom stereocenters. The average Bonchev–Trinajstić information content (AvgIpc) is 3.00. The lowest BCUT2D eigenvalue weighted by atomic mass is 9.99. The molecular weight excluding hydrogens is 408 g/mol. The van der Waals surface area contributed by atoms with E-state index < -0.39 is 0 Å². The molecule has 4 nitrogen and oxygen atoms in total. The Bertz CT molecular complexity index is 1230. The molecule has 2 amide bonds. The monoisotopic (exact) mass is 430 g/mol. The van der Waals surface area contributed by atoms with E-state index in [1.165, 1.54) is 4.90 Å². The Morgan fingerprint density at radius 3 is 2.13 bits per heavy atom. The molecule has 0 aliphatic carbocycles. The molecule has 0 spiro atoms. The molecule has 0 fully saturated rings. The van der Waals surface area contributed by atoms with Crippen LogP contribution in [0.1, 0.15) is 22.3 Å². The van der Waals surface area contributed by atoms with Gasteiger partial charge in [0.25, 0.3) is 11.8 Å². The van der Waals surface area contributed by atoms with Crippen molar-refractivity contribution in [2.75, 3.05) is 16.8 Å². The van der Waals surface area contributed by atoms with Gasteiger partial charge in [0.05, 0.1) is 11.3 Å². The largest absolute Gasteiger partial charge is 0.339 e. The Labute approximate surface area is 187 Å². The highest BCUT2D eigenvalue weighted by molar-refractivity contribution is 6.46. The number of hydrogen-bond donors (Lipinski definition) is 0. The Morgan fingerprint density at radius 2 is 1.48 bits per heavy atom. The molecule has 3 aromatic rings. The van der Waals surface area contributed by atoms with Crippen LogP contribution in [0.2, 0.25) is 5.02 Å². The van der Waals surface area contributed by atoms with Crippen molar-refractivity contribution in [3.05, 3.63) is 99.7 Å². The van der Waals surface area contributed by atoms with E-state index in [9.17, 15) is 9.59 Å². The van der Waals surface area contributed by atoms with Crippen LogP contribution in [-0.2, 0) is 9.59 Å². The van der Waals surface area contributed by atoms with Gasteiger partial charge in [0, 0.05) is 17.8 Å². The Hall–Kier alpha value is -3.37. The van der Waals surface area contributed by atoms with Crippen LogP contribution in [0.5, 0.6) is 0 Å². The summed E-state index contributed by atoms with van der Waals surface area (Å²) >= 11 is 6.11. The third kappa shape index (κ3) is 3.64. The third-order valence-corrected chi connectivity index (χ3v) is 5.97. The molecule has 0 unspecified atom stereocenters. The quantitative estimate of drug-likeness (QED) is 0.499. The van der Waals surface area contributed by atoms with E-state index in [0.29, 0.717) is 22.0 Å². The predicted octanol–water partition coefficient (Wildman–Crippen LogP) is 5.69. The Morgan fingerprint density at radius 1 is 0.774 bits per heavy atom. The summed E-state index contributed by atoms with van der Waals surface area (Å²) in [6.45, 7) is 5.87. The van der Waals surface area contributed by atoms with Crippen LogP contribution in [0.25, 0.3) is 5.57 Å². The van der Waals surface area contributed by atoms with Crippen LogP contribution in [0.15, 0.2) is 72.4 Å². The van der Waals surface area contributed by atoms with Gasteiger partial charge < -0.3 is 4.90 Å². The van der Waals surface area contributed by atoms with Crippen molar-refractivity contribution in [1.29, 1.82) is 0 Å². The van der Waals surface area contributed by atoms with Crippen molar-refractivity contribution in [3.63, 3.8) is 0 Å². The molecule has 0 radical (unpaired) electrons. The van der Waals surface area contributed by atoms with E-state index in [0.717, 1.165) is 27.9 Å². The van der Waals surface area contributed by atoms with Gasteiger partial charge in [0.2, 0.25) is 0 Å². The van der Waals surface area contributed by atoms with E-state index in [-0.39, 0.29) is 11.8 Å². The van der Waals surface area contributed by atoms with Crippen LogP contribution >= 0.6 is 11.6 Å². The number of aryl methyl sites for hydroxylation is 3. The van der Waals surface area contributed by atoms with Crippen molar-refractivity contribution in [2.45, 2.75) is 20.8 Å². The number of rotatable bonds is 4. The summed E-state index contributed by atoms with van der Waals surface area (Å²) in [6, 6.07) is 20.6. The minimum atomic E-state index is -0.352. The van der Waals surface area contributed by atoms with Gasteiger partial charge in [-0.05, 0) is 73.4 Å². The minimum Gasteiger partial charge on any atom is -0.339 e. The third-order valence-electron chi connectivity index (χ3n) is 5.73. The van der Waals surface area contributed by atoms with Gasteiger partial charge in [-0.25, -0.2) is 4.90 Å². The number of hydrogen-bond acceptors (Lipinski definition) is 3. The molecule has 0 saturated heterocycles. The first-order valence-corrected chi connectivity index (χ1v) is 10.4. The SMILES string of the molecule is Cc1ccc(C2=C(N(C)c3ccccc3)C(=O)N(c3ccc(Cl)cc3C)C2=O)cc1C. The maximum atomic E-state index is 13.7. The Balaban J connectivity index is 1.91. The van der Waals surface area contributed by atoms with Crippen molar-refractivity contribution >= 4 is 40.4 Å². The van der Waals surface area contributed by atoms with Crippen LogP contribution in [0.3, 0.4) is 0 Å². The summed E-state index contributed by atoms with van der Waals surface area (Å²) in [5, 5.41) is 0.560. The number of imide groups is 1. The first-order chi connectivity index (χ1) is 14.8. The molecule has 0 bridgehead atoms. The molecule has 156 valence electrons. The lowest BCUT2D eigenvalue weighted by Gasteiger charge is -2.22. The van der Waals surface area contributed by atoms with Gasteiger partial charge in [0.15, 0.2) is 0 Å². The molecule has 1 heterocycles. The van der Waals surface area contributed by atoms with Crippen LogP contribution in [0, 0.1) is 20.8 Å². The second kappa shape index (κ2) is 8.05. The standard InChI is InChI=1S/C26H23ClN2O2/c1-16-10-11-19(14-17(16)2)23-24(28(4)21-8-6-5-7-9-21)26(31)29(25(23)30)22-13-12-20(27)15-18(22)3/h5-15H,1-4H3. The van der Waals surface area contributed by atoms with Crippen LogP contribution < -0.4 is 9.80 Å². The highest BCUT2D eigenvalue weighted by atomic mass is 35.5. The highest BCUT2D eigenvalue weighted by Crippen LogP contribution is 2.38. The van der Waals surface area contributed by atoms with Crippen molar-refractivity contribution in [2.24, 2.45) is 0 Å². The van der Waals surface area contributed by atoms with Gasteiger partial charge in [0.1, 0.15) is 5.70 Å². The Kier molecular flexibility index (Phi) is 5.42. The van der Waals surface area contributed by atoms with Crippen molar-refractivity contribution in [1.82, 2.24) is 0 Å². The zero-order valence-electron chi connectivity index (χ0n) is 17.9. The average molecular weight is 431 g/mol. The number of halogens is 1. The fourth-order valence-electron chi connectivity index (χ4n) is 3.86. The lowest BCUT2D eigenvalue weighted by Crippen LogP contribution is -2.34. The molecule has 0 N–H and O–H groups in total. The minimum absolute atomic E-state index is 0.337. The molecule has 5 heteroatoms. The first-order valence-electron chi connectivity index (χ1n) is 10.0. The smallest absolute Gasteiger partial charge is 0.282 e.